The van der Waals surface area contributed by atoms with Gasteiger partial charge in [-0.15, -0.1) is 0 Å². The zero-order valence-corrected chi connectivity index (χ0v) is 21.2. The van der Waals surface area contributed by atoms with Crippen molar-refractivity contribution in [1.82, 2.24) is 19.9 Å². The molecule has 1 aliphatic rings. The molecule has 0 unspecified atom stereocenters. The minimum Gasteiger partial charge on any atom is -0.480 e. The van der Waals surface area contributed by atoms with E-state index in [0.29, 0.717) is 71.0 Å². The number of morpholine rings is 1. The van der Waals surface area contributed by atoms with E-state index in [2.05, 4.69) is 20.3 Å². The van der Waals surface area contributed by atoms with Crippen molar-refractivity contribution in [2.75, 3.05) is 31.6 Å². The maximum Gasteiger partial charge on any atom is 0.263 e. The van der Waals surface area contributed by atoms with Gasteiger partial charge in [0.25, 0.3) is 5.91 Å². The topological polar surface area (TPSA) is 98.7 Å². The second-order valence-electron chi connectivity index (χ2n) is 8.58. The summed E-state index contributed by atoms with van der Waals surface area (Å²) in [4.78, 5) is 27.7. The molecule has 0 aliphatic carbocycles. The summed E-state index contributed by atoms with van der Waals surface area (Å²) >= 11 is 6.51. The molecule has 1 atom stereocenters. The van der Waals surface area contributed by atoms with Crippen molar-refractivity contribution in [3.05, 3.63) is 71.8 Å². The summed E-state index contributed by atoms with van der Waals surface area (Å²) in [5.74, 6) is 2.05. The highest BCUT2D eigenvalue weighted by molar-refractivity contribution is 6.32. The molecule has 1 aliphatic heterocycles. The molecule has 5 rings (SSSR count). The first kappa shape index (κ1) is 24.7. The van der Waals surface area contributed by atoms with Crippen LogP contribution in [0.25, 0.3) is 10.9 Å². The molecular formula is C27H26ClN5O4. The number of pyridine rings is 1. The Labute approximate surface area is 219 Å². The number of rotatable bonds is 7. The smallest absolute Gasteiger partial charge is 0.263 e. The number of anilines is 2. The predicted molar refractivity (Wildman–Crippen MR) is 141 cm³/mol. The molecule has 9 nitrogen and oxygen atoms in total. The molecule has 0 radical (unpaired) electrons. The van der Waals surface area contributed by atoms with Crippen LogP contribution in [0.2, 0.25) is 5.02 Å². The lowest BCUT2D eigenvalue weighted by Crippen LogP contribution is -2.46. The van der Waals surface area contributed by atoms with E-state index in [4.69, 9.17) is 25.8 Å². The molecule has 1 amide bonds. The van der Waals surface area contributed by atoms with Gasteiger partial charge in [0.15, 0.2) is 6.10 Å². The maximum absolute atomic E-state index is 12.9. The van der Waals surface area contributed by atoms with E-state index in [9.17, 15) is 4.79 Å². The Bertz CT molecular complexity index is 1400. The van der Waals surface area contributed by atoms with E-state index >= 15 is 0 Å². The van der Waals surface area contributed by atoms with Crippen molar-refractivity contribution in [3.8, 4) is 17.2 Å². The molecular weight excluding hydrogens is 494 g/mol. The number of ether oxygens (including phenoxy) is 3. The monoisotopic (exact) mass is 519 g/mol. The van der Waals surface area contributed by atoms with Crippen LogP contribution in [0.15, 0.2) is 61.1 Å². The van der Waals surface area contributed by atoms with Gasteiger partial charge < -0.3 is 24.4 Å². The van der Waals surface area contributed by atoms with Gasteiger partial charge in [-0.3, -0.25) is 9.78 Å². The van der Waals surface area contributed by atoms with Gasteiger partial charge in [-0.1, -0.05) is 17.7 Å². The lowest BCUT2D eigenvalue weighted by molar-refractivity contribution is -0.142. The van der Waals surface area contributed by atoms with Crippen LogP contribution in [0.4, 0.5) is 11.5 Å². The number of halogens is 1. The molecule has 1 N–H and O–H groups in total. The second-order valence-corrected chi connectivity index (χ2v) is 8.99. The molecule has 3 heterocycles. The van der Waals surface area contributed by atoms with Gasteiger partial charge in [0, 0.05) is 24.5 Å². The van der Waals surface area contributed by atoms with E-state index in [1.807, 2.05) is 37.3 Å². The van der Waals surface area contributed by atoms with Crippen molar-refractivity contribution in [2.45, 2.75) is 20.0 Å². The fraction of sp³-hybridized carbons (Fsp3) is 0.259. The number of fused-ring (bicyclic) bond motifs is 1. The molecule has 4 aromatic rings. The van der Waals surface area contributed by atoms with Crippen LogP contribution in [-0.2, 0) is 9.53 Å². The van der Waals surface area contributed by atoms with Gasteiger partial charge in [-0.2, -0.15) is 0 Å². The summed E-state index contributed by atoms with van der Waals surface area (Å²) in [5.41, 5.74) is 2.28. The quantitative estimate of drug-likeness (QED) is 0.358. The first-order chi connectivity index (χ1) is 18.0. The Morgan fingerprint density at radius 2 is 1.92 bits per heavy atom. The fourth-order valence-corrected chi connectivity index (χ4v) is 4.21. The zero-order valence-electron chi connectivity index (χ0n) is 20.5. The van der Waals surface area contributed by atoms with E-state index in [0.717, 1.165) is 5.69 Å². The van der Waals surface area contributed by atoms with Crippen molar-refractivity contribution in [2.24, 2.45) is 0 Å². The molecule has 2 aromatic carbocycles. The number of hydrogen-bond donors (Lipinski definition) is 1. The highest BCUT2D eigenvalue weighted by atomic mass is 35.5. The molecule has 190 valence electrons. The average Bonchev–Trinajstić information content (AvgIpc) is 2.91. The van der Waals surface area contributed by atoms with Gasteiger partial charge in [0.2, 0.25) is 0 Å². The molecule has 37 heavy (non-hydrogen) atoms. The van der Waals surface area contributed by atoms with Crippen LogP contribution in [-0.4, -0.2) is 58.2 Å². The summed E-state index contributed by atoms with van der Waals surface area (Å²) in [6.07, 6.45) is 2.44. The summed E-state index contributed by atoms with van der Waals surface area (Å²) < 4.78 is 17.3. The van der Waals surface area contributed by atoms with Crippen LogP contribution in [0.5, 0.6) is 17.2 Å². The summed E-state index contributed by atoms with van der Waals surface area (Å²) in [7, 11) is 0. The first-order valence-electron chi connectivity index (χ1n) is 11.9. The molecule has 0 spiro atoms. The van der Waals surface area contributed by atoms with Gasteiger partial charge in [0.1, 0.15) is 29.4 Å². The predicted octanol–water partition coefficient (Wildman–Crippen LogP) is 5.15. The number of benzene rings is 2. The van der Waals surface area contributed by atoms with E-state index < -0.39 is 6.10 Å². The number of amides is 1. The van der Waals surface area contributed by atoms with Crippen LogP contribution >= 0.6 is 11.6 Å². The van der Waals surface area contributed by atoms with Crippen LogP contribution in [0, 0.1) is 6.92 Å². The summed E-state index contributed by atoms with van der Waals surface area (Å²) in [6, 6.07) is 14.6. The number of carbonyl (C=O) groups excluding carboxylic acids is 1. The van der Waals surface area contributed by atoms with Crippen molar-refractivity contribution in [3.63, 3.8) is 0 Å². The third-order valence-electron chi connectivity index (χ3n) is 5.91. The maximum atomic E-state index is 12.9. The Hall–Kier alpha value is -3.95. The Morgan fingerprint density at radius 3 is 2.68 bits per heavy atom. The van der Waals surface area contributed by atoms with Gasteiger partial charge in [-0.05, 0) is 56.3 Å². The largest absolute Gasteiger partial charge is 0.480 e. The highest BCUT2D eigenvalue weighted by Crippen LogP contribution is 2.35. The fourth-order valence-electron chi connectivity index (χ4n) is 3.99. The summed E-state index contributed by atoms with van der Waals surface area (Å²) in [6.45, 7) is 5.83. The lowest BCUT2D eigenvalue weighted by Gasteiger charge is -2.29. The van der Waals surface area contributed by atoms with Crippen molar-refractivity contribution >= 4 is 39.9 Å². The van der Waals surface area contributed by atoms with Crippen molar-refractivity contribution < 1.29 is 19.0 Å². The number of nitrogens with one attached hydrogen (secondary N) is 1. The Balaban J connectivity index is 1.37. The summed E-state index contributed by atoms with van der Waals surface area (Å²) in [5, 5.41) is 4.38. The van der Waals surface area contributed by atoms with Crippen LogP contribution < -0.4 is 14.8 Å². The number of aryl methyl sites for hydroxylation is 1. The lowest BCUT2D eigenvalue weighted by atomic mass is 10.2. The third-order valence-corrected chi connectivity index (χ3v) is 6.20. The highest BCUT2D eigenvalue weighted by Gasteiger charge is 2.25. The molecule has 0 saturated carbocycles. The van der Waals surface area contributed by atoms with Gasteiger partial charge in [0.05, 0.1) is 35.3 Å². The van der Waals surface area contributed by atoms with Crippen LogP contribution in [0.1, 0.15) is 12.6 Å². The molecule has 1 fully saturated rings. The van der Waals surface area contributed by atoms with Gasteiger partial charge >= 0.3 is 0 Å². The number of aromatic nitrogens is 3. The number of hydrogen-bond acceptors (Lipinski definition) is 8. The van der Waals surface area contributed by atoms with E-state index in [1.165, 1.54) is 6.33 Å². The Kier molecular flexibility index (Phi) is 7.34. The third kappa shape index (κ3) is 5.73. The first-order valence-corrected chi connectivity index (χ1v) is 12.3. The minimum atomic E-state index is -0.682. The zero-order chi connectivity index (χ0) is 25.8. The second kappa shape index (κ2) is 11.0. The van der Waals surface area contributed by atoms with E-state index in [-0.39, 0.29) is 5.91 Å². The van der Waals surface area contributed by atoms with Gasteiger partial charge in [-0.25, -0.2) is 9.97 Å². The SMILES string of the molecule is Cc1ccc(Oc2ccc(Nc3ncnc4cccc(O[C@H](C)C(=O)N5CCOCC5)c34)cc2Cl)cn1. The molecule has 1 saturated heterocycles. The van der Waals surface area contributed by atoms with E-state index in [1.54, 1.807) is 36.2 Å². The number of nitrogens with zero attached hydrogens (tertiary/aromatic N) is 4. The molecule has 10 heteroatoms. The molecule has 0 bridgehead atoms. The molecule has 2 aromatic heterocycles. The normalized spacial score (nSPS) is 14.3. The Morgan fingerprint density at radius 1 is 1.08 bits per heavy atom. The standard InChI is InChI=1S/C27H26ClN5O4/c1-17-6-8-20(15-29-17)37-23-9-7-19(14-21(23)28)32-26-25-22(30-16-31-26)4-3-5-24(25)36-18(2)27(34)33-10-12-35-13-11-33/h3-9,14-16,18H,10-13H2,1-2H3,(H,30,31,32)/t18-/m1/s1. The average molecular weight is 520 g/mol. The minimum absolute atomic E-state index is 0.0854. The number of carbonyl (C=O) groups is 1. The van der Waals surface area contributed by atoms with Crippen LogP contribution in [0.3, 0.4) is 0 Å². The van der Waals surface area contributed by atoms with Crippen molar-refractivity contribution in [1.29, 1.82) is 0 Å².